The first-order valence-corrected chi connectivity index (χ1v) is 8.19. The van der Waals surface area contributed by atoms with E-state index in [1.54, 1.807) is 18.2 Å². The number of amides is 1. The molecule has 0 aliphatic heterocycles. The number of primary amides is 1. The van der Waals surface area contributed by atoms with Gasteiger partial charge in [0.2, 0.25) is 5.91 Å². The summed E-state index contributed by atoms with van der Waals surface area (Å²) in [4.78, 5) is 21.8. The van der Waals surface area contributed by atoms with Crippen LogP contribution in [0.2, 0.25) is 0 Å². The summed E-state index contributed by atoms with van der Waals surface area (Å²) >= 11 is 0. The van der Waals surface area contributed by atoms with Gasteiger partial charge in [-0.25, -0.2) is 4.39 Å². The topological polar surface area (TPSA) is 78.6 Å². The van der Waals surface area contributed by atoms with Gasteiger partial charge in [-0.3, -0.25) is 9.59 Å². The molecule has 0 bridgehead atoms. The summed E-state index contributed by atoms with van der Waals surface area (Å²) in [6.45, 7) is 2.26. The summed E-state index contributed by atoms with van der Waals surface area (Å²) in [6.07, 6.45) is 3.15. The molecule has 134 valence electrons. The fourth-order valence-corrected chi connectivity index (χ4v) is 2.25. The van der Waals surface area contributed by atoms with Gasteiger partial charge in [-0.2, -0.15) is 0 Å². The molecule has 5 nitrogen and oxygen atoms in total. The van der Waals surface area contributed by atoms with Crippen molar-refractivity contribution >= 4 is 11.9 Å². The van der Waals surface area contributed by atoms with Crippen molar-refractivity contribution in [3.8, 4) is 5.75 Å². The summed E-state index contributed by atoms with van der Waals surface area (Å²) < 4.78 is 24.5. The molecule has 0 fully saturated rings. The Labute approximate surface area is 142 Å². The second kappa shape index (κ2) is 10.6. The Balaban J connectivity index is 2.46. The Morgan fingerprint density at radius 3 is 2.67 bits per heavy atom. The third-order valence-electron chi connectivity index (χ3n) is 3.75. The highest BCUT2D eigenvalue weighted by molar-refractivity contribution is 5.73. The van der Waals surface area contributed by atoms with E-state index in [2.05, 4.69) is 4.74 Å². The third-order valence-corrected chi connectivity index (χ3v) is 3.75. The molecule has 1 aromatic rings. The van der Waals surface area contributed by atoms with E-state index in [4.69, 9.17) is 10.5 Å². The number of esters is 1. The minimum absolute atomic E-state index is 0.112. The second-order valence-electron chi connectivity index (χ2n) is 5.93. The number of benzene rings is 1. The number of hydrogen-bond acceptors (Lipinski definition) is 4. The van der Waals surface area contributed by atoms with Gasteiger partial charge >= 0.3 is 5.97 Å². The van der Waals surface area contributed by atoms with Gasteiger partial charge in [0.15, 0.2) is 11.6 Å². The lowest BCUT2D eigenvalue weighted by molar-refractivity contribution is -0.140. The summed E-state index contributed by atoms with van der Waals surface area (Å²) in [5.41, 5.74) is 5.68. The first-order chi connectivity index (χ1) is 11.4. The average molecular weight is 339 g/mol. The van der Waals surface area contributed by atoms with Gasteiger partial charge in [-0.05, 0) is 43.2 Å². The lowest BCUT2D eigenvalue weighted by Gasteiger charge is -2.14. The van der Waals surface area contributed by atoms with Crippen LogP contribution in [0.25, 0.3) is 0 Å². The molecular formula is C18H26FNO4. The second-order valence-corrected chi connectivity index (χ2v) is 5.93. The number of nitrogens with two attached hydrogens (primary N) is 1. The molecule has 0 unspecified atom stereocenters. The van der Waals surface area contributed by atoms with Crippen LogP contribution >= 0.6 is 0 Å². The van der Waals surface area contributed by atoms with Gasteiger partial charge in [-0.15, -0.1) is 0 Å². The van der Waals surface area contributed by atoms with Crippen molar-refractivity contribution in [2.75, 3.05) is 13.7 Å². The molecule has 0 heterocycles. The van der Waals surface area contributed by atoms with E-state index in [9.17, 15) is 14.0 Å². The normalized spacial score (nSPS) is 11.8. The van der Waals surface area contributed by atoms with E-state index in [0.29, 0.717) is 50.7 Å². The molecule has 1 aromatic carbocycles. The highest BCUT2D eigenvalue weighted by Crippen LogP contribution is 2.23. The van der Waals surface area contributed by atoms with Crippen LogP contribution in [0.15, 0.2) is 18.2 Å². The summed E-state index contributed by atoms with van der Waals surface area (Å²) in [6, 6.07) is 5.06. The number of aryl methyl sites for hydroxylation is 1. The van der Waals surface area contributed by atoms with Crippen molar-refractivity contribution in [2.45, 2.75) is 45.4 Å². The fraction of sp³-hybridized carbons (Fsp3) is 0.556. The van der Waals surface area contributed by atoms with Crippen molar-refractivity contribution < 1.29 is 23.5 Å². The minimum Gasteiger partial charge on any atom is -0.490 e. The van der Waals surface area contributed by atoms with Crippen LogP contribution in [-0.4, -0.2) is 25.6 Å². The molecule has 6 heteroatoms. The van der Waals surface area contributed by atoms with Gasteiger partial charge in [0.25, 0.3) is 0 Å². The van der Waals surface area contributed by atoms with Crippen molar-refractivity contribution in [3.63, 3.8) is 0 Å². The Hall–Kier alpha value is -2.11. The zero-order valence-electron chi connectivity index (χ0n) is 14.3. The first-order valence-electron chi connectivity index (χ1n) is 8.19. The Morgan fingerprint density at radius 1 is 1.25 bits per heavy atom. The zero-order chi connectivity index (χ0) is 17.9. The number of hydrogen-bond donors (Lipinski definition) is 1. The highest BCUT2D eigenvalue weighted by Gasteiger charge is 2.12. The number of carbonyl (C=O) groups excluding carboxylic acids is 2. The van der Waals surface area contributed by atoms with Crippen molar-refractivity contribution in [1.82, 2.24) is 0 Å². The molecule has 0 aliphatic carbocycles. The van der Waals surface area contributed by atoms with Crippen LogP contribution in [0.3, 0.4) is 0 Å². The first kappa shape index (κ1) is 19.9. The number of unbranched alkanes of at least 4 members (excludes halogenated alkanes) is 1. The number of halogens is 1. The third kappa shape index (κ3) is 7.44. The van der Waals surface area contributed by atoms with Crippen molar-refractivity contribution in [1.29, 1.82) is 0 Å². The maximum Gasteiger partial charge on any atom is 0.305 e. The molecule has 1 atom stereocenters. The molecule has 0 radical (unpaired) electrons. The molecule has 0 saturated carbocycles. The van der Waals surface area contributed by atoms with Crippen molar-refractivity contribution in [2.24, 2.45) is 11.7 Å². The molecule has 24 heavy (non-hydrogen) atoms. The van der Waals surface area contributed by atoms with Crippen LogP contribution in [-0.2, 0) is 20.7 Å². The predicted octanol–water partition coefficient (Wildman–Crippen LogP) is 2.99. The Morgan fingerprint density at radius 2 is 2.00 bits per heavy atom. The van der Waals surface area contributed by atoms with E-state index >= 15 is 0 Å². The van der Waals surface area contributed by atoms with Crippen molar-refractivity contribution in [3.05, 3.63) is 29.6 Å². The van der Waals surface area contributed by atoms with Gasteiger partial charge in [0.1, 0.15) is 0 Å². The number of ether oxygens (including phenoxy) is 2. The SMILES string of the molecule is COC(=O)CCCCc1cccc(OC[C@@H](C)CCC(N)=O)c1F. The lowest BCUT2D eigenvalue weighted by atomic mass is 10.1. The van der Waals surface area contributed by atoms with E-state index in [1.807, 2.05) is 6.92 Å². The largest absolute Gasteiger partial charge is 0.490 e. The molecule has 0 saturated heterocycles. The lowest BCUT2D eigenvalue weighted by Crippen LogP contribution is -2.15. The van der Waals surface area contributed by atoms with Gasteiger partial charge in [0.05, 0.1) is 13.7 Å². The smallest absolute Gasteiger partial charge is 0.305 e. The summed E-state index contributed by atoms with van der Waals surface area (Å²) in [5.74, 6) is -0.635. The van der Waals surface area contributed by atoms with Crippen LogP contribution in [0.5, 0.6) is 5.75 Å². The summed E-state index contributed by atoms with van der Waals surface area (Å²) in [7, 11) is 1.35. The number of methoxy groups -OCH3 is 1. The number of rotatable bonds is 11. The molecule has 1 amide bonds. The van der Waals surface area contributed by atoms with E-state index in [0.717, 1.165) is 0 Å². The quantitative estimate of drug-likeness (QED) is 0.496. The summed E-state index contributed by atoms with van der Waals surface area (Å²) in [5, 5.41) is 0. The molecule has 1 rings (SSSR count). The van der Waals surface area contributed by atoms with E-state index in [1.165, 1.54) is 7.11 Å². The highest BCUT2D eigenvalue weighted by atomic mass is 19.1. The van der Waals surface area contributed by atoms with Crippen LogP contribution in [0.4, 0.5) is 4.39 Å². The maximum absolute atomic E-state index is 14.4. The molecule has 2 N–H and O–H groups in total. The van der Waals surface area contributed by atoms with Crippen LogP contribution in [0, 0.1) is 11.7 Å². The fourth-order valence-electron chi connectivity index (χ4n) is 2.25. The zero-order valence-corrected chi connectivity index (χ0v) is 14.3. The predicted molar refractivity (Wildman–Crippen MR) is 89.1 cm³/mol. The minimum atomic E-state index is -0.363. The van der Waals surface area contributed by atoms with Crippen LogP contribution < -0.4 is 10.5 Å². The van der Waals surface area contributed by atoms with E-state index in [-0.39, 0.29) is 29.4 Å². The van der Waals surface area contributed by atoms with Gasteiger partial charge < -0.3 is 15.2 Å². The Bertz CT molecular complexity index is 548. The number of carbonyl (C=O) groups is 2. The molecule has 0 spiro atoms. The standard InChI is InChI=1S/C18H26FNO4/c1-13(10-11-16(20)21)12-24-15-8-5-7-14(18(15)19)6-3-4-9-17(22)23-2/h5,7-8,13H,3-4,6,9-12H2,1-2H3,(H2,20,21)/t13-/m0/s1. The van der Waals surface area contributed by atoms with E-state index < -0.39 is 0 Å². The maximum atomic E-state index is 14.4. The Kier molecular flexibility index (Phi) is 8.83. The average Bonchev–Trinajstić information content (AvgIpc) is 2.56. The monoisotopic (exact) mass is 339 g/mol. The van der Waals surface area contributed by atoms with Gasteiger partial charge in [-0.1, -0.05) is 19.1 Å². The van der Waals surface area contributed by atoms with Crippen LogP contribution in [0.1, 0.15) is 44.6 Å². The molecular weight excluding hydrogens is 313 g/mol. The molecule has 0 aromatic heterocycles. The van der Waals surface area contributed by atoms with Gasteiger partial charge in [0, 0.05) is 12.8 Å². The molecule has 0 aliphatic rings.